The fourth-order valence-corrected chi connectivity index (χ4v) is 4.35. The molecule has 1 aromatic carbocycles. The van der Waals surface area contributed by atoms with E-state index in [1.807, 2.05) is 36.4 Å². The molecule has 154 valence electrons. The molecule has 2 heterocycles. The molecule has 0 aliphatic heterocycles. The maximum atomic E-state index is 13.4. The van der Waals surface area contributed by atoms with Crippen LogP contribution in [0.1, 0.15) is 53.3 Å². The molecule has 0 spiro atoms. The van der Waals surface area contributed by atoms with Crippen molar-refractivity contribution in [1.29, 1.82) is 0 Å². The lowest BCUT2D eigenvalue weighted by Crippen LogP contribution is -2.48. The molecule has 2 amide bonds. The molecule has 1 fully saturated rings. The summed E-state index contributed by atoms with van der Waals surface area (Å²) in [5.74, 6) is -0.491. The van der Waals surface area contributed by atoms with Crippen LogP contribution in [0.5, 0.6) is 0 Å². The summed E-state index contributed by atoms with van der Waals surface area (Å²) < 4.78 is 3.84. The fourth-order valence-electron chi connectivity index (χ4n) is 3.92. The van der Waals surface area contributed by atoms with Crippen molar-refractivity contribution in [3.8, 4) is 0 Å². The first-order valence-corrected chi connectivity index (χ1v) is 10.9. The summed E-state index contributed by atoms with van der Waals surface area (Å²) >= 11 is 1.13. The Hall–Kier alpha value is -3.13. The minimum atomic E-state index is -0.778. The second-order valence-corrected chi connectivity index (χ2v) is 7.94. The molecule has 0 bridgehead atoms. The SMILES string of the molecule is O=C(NCc1ccccc1)C(c1cccnc1)N(C(=O)c1csnn1)C1CCCC1. The van der Waals surface area contributed by atoms with Gasteiger partial charge >= 0.3 is 0 Å². The molecule has 1 N–H and O–H groups in total. The molecule has 1 saturated carbocycles. The van der Waals surface area contributed by atoms with Crippen LogP contribution in [0.25, 0.3) is 0 Å². The largest absolute Gasteiger partial charge is 0.350 e. The van der Waals surface area contributed by atoms with E-state index in [0.717, 1.165) is 42.8 Å². The van der Waals surface area contributed by atoms with Crippen LogP contribution in [-0.2, 0) is 11.3 Å². The van der Waals surface area contributed by atoms with Crippen molar-refractivity contribution in [3.05, 3.63) is 77.1 Å². The number of benzene rings is 1. The number of carbonyl (C=O) groups excluding carboxylic acids is 2. The number of amides is 2. The van der Waals surface area contributed by atoms with Crippen molar-refractivity contribution in [3.63, 3.8) is 0 Å². The van der Waals surface area contributed by atoms with Gasteiger partial charge in [-0.25, -0.2) is 0 Å². The lowest BCUT2D eigenvalue weighted by Gasteiger charge is -2.35. The van der Waals surface area contributed by atoms with Crippen molar-refractivity contribution < 1.29 is 9.59 Å². The Kier molecular flexibility index (Phi) is 6.44. The Morgan fingerprint density at radius 2 is 1.93 bits per heavy atom. The van der Waals surface area contributed by atoms with Gasteiger partial charge in [0.1, 0.15) is 6.04 Å². The summed E-state index contributed by atoms with van der Waals surface area (Å²) in [6.45, 7) is 0.390. The van der Waals surface area contributed by atoms with E-state index in [9.17, 15) is 9.59 Å². The van der Waals surface area contributed by atoms with Crippen LogP contribution in [0.2, 0.25) is 0 Å². The molecular formula is C22H23N5O2S. The van der Waals surface area contributed by atoms with E-state index in [-0.39, 0.29) is 23.6 Å². The minimum Gasteiger partial charge on any atom is -0.350 e. The first-order chi connectivity index (χ1) is 14.7. The number of nitrogens with one attached hydrogen (secondary N) is 1. The molecule has 7 nitrogen and oxygen atoms in total. The molecule has 1 aliphatic rings. The number of pyridine rings is 1. The third kappa shape index (κ3) is 4.54. The Morgan fingerprint density at radius 1 is 1.13 bits per heavy atom. The van der Waals surface area contributed by atoms with Crippen LogP contribution >= 0.6 is 11.5 Å². The summed E-state index contributed by atoms with van der Waals surface area (Å²) in [6.07, 6.45) is 7.12. The summed E-state index contributed by atoms with van der Waals surface area (Å²) in [5.41, 5.74) is 1.96. The Balaban J connectivity index is 1.66. The molecule has 4 rings (SSSR count). The van der Waals surface area contributed by atoms with Crippen LogP contribution < -0.4 is 5.32 Å². The lowest BCUT2D eigenvalue weighted by atomic mass is 10.0. The van der Waals surface area contributed by atoms with Gasteiger partial charge < -0.3 is 10.2 Å². The predicted octanol–water partition coefficient (Wildman–Crippen LogP) is 3.38. The lowest BCUT2D eigenvalue weighted by molar-refractivity contribution is -0.126. The van der Waals surface area contributed by atoms with Crippen LogP contribution in [0, 0.1) is 0 Å². The van der Waals surface area contributed by atoms with Crippen molar-refractivity contribution in [2.45, 2.75) is 44.3 Å². The standard InChI is InChI=1S/C22H23N5O2S/c28-21(24-13-16-7-2-1-3-8-16)20(17-9-6-12-23-14-17)27(18-10-4-5-11-18)22(29)19-15-30-26-25-19/h1-3,6-9,12,14-15,18,20H,4-5,10-11,13H2,(H,24,28). The van der Waals surface area contributed by atoms with Gasteiger partial charge in [-0.15, -0.1) is 5.10 Å². The van der Waals surface area contributed by atoms with Gasteiger partial charge in [0.2, 0.25) is 5.91 Å². The monoisotopic (exact) mass is 421 g/mol. The van der Waals surface area contributed by atoms with E-state index >= 15 is 0 Å². The van der Waals surface area contributed by atoms with Crippen LogP contribution in [0.15, 0.2) is 60.2 Å². The Morgan fingerprint density at radius 3 is 2.60 bits per heavy atom. The van der Waals surface area contributed by atoms with Gasteiger partial charge in [0.15, 0.2) is 5.69 Å². The molecule has 8 heteroatoms. The minimum absolute atomic E-state index is 0.0214. The number of hydrogen-bond acceptors (Lipinski definition) is 6. The molecule has 0 saturated heterocycles. The molecule has 2 aromatic heterocycles. The maximum Gasteiger partial charge on any atom is 0.276 e. The maximum absolute atomic E-state index is 13.4. The zero-order valence-corrected chi connectivity index (χ0v) is 17.3. The zero-order chi connectivity index (χ0) is 20.8. The van der Waals surface area contributed by atoms with Crippen LogP contribution in [0.4, 0.5) is 0 Å². The second kappa shape index (κ2) is 9.58. The molecule has 1 aliphatic carbocycles. The summed E-state index contributed by atoms with van der Waals surface area (Å²) in [6, 6.07) is 12.6. The number of nitrogens with zero attached hydrogens (tertiary/aromatic N) is 4. The van der Waals surface area contributed by atoms with E-state index in [0.29, 0.717) is 12.1 Å². The van der Waals surface area contributed by atoms with Crippen molar-refractivity contribution in [1.82, 2.24) is 24.8 Å². The fraction of sp³-hybridized carbons (Fsp3) is 0.318. The van der Waals surface area contributed by atoms with E-state index in [1.54, 1.807) is 28.7 Å². The smallest absolute Gasteiger partial charge is 0.276 e. The van der Waals surface area contributed by atoms with E-state index in [1.165, 1.54) is 0 Å². The zero-order valence-electron chi connectivity index (χ0n) is 16.5. The van der Waals surface area contributed by atoms with Gasteiger partial charge in [-0.05, 0) is 36.0 Å². The number of carbonyl (C=O) groups is 2. The Bertz CT molecular complexity index is 960. The highest BCUT2D eigenvalue weighted by molar-refractivity contribution is 7.03. The second-order valence-electron chi connectivity index (χ2n) is 7.33. The molecule has 0 radical (unpaired) electrons. The first kappa shape index (κ1) is 20.2. The topological polar surface area (TPSA) is 88.1 Å². The first-order valence-electron chi connectivity index (χ1n) is 10.1. The third-order valence-corrected chi connectivity index (χ3v) is 5.87. The van der Waals surface area contributed by atoms with Gasteiger partial charge in [-0.3, -0.25) is 14.6 Å². The summed E-state index contributed by atoms with van der Waals surface area (Å²) in [4.78, 5) is 32.7. The van der Waals surface area contributed by atoms with Gasteiger partial charge in [0.05, 0.1) is 0 Å². The van der Waals surface area contributed by atoms with E-state index in [4.69, 9.17) is 0 Å². The van der Waals surface area contributed by atoms with Crippen LogP contribution in [0.3, 0.4) is 0 Å². The molecule has 30 heavy (non-hydrogen) atoms. The number of aromatic nitrogens is 3. The van der Waals surface area contributed by atoms with Crippen LogP contribution in [-0.4, -0.2) is 37.3 Å². The van der Waals surface area contributed by atoms with E-state index in [2.05, 4.69) is 19.9 Å². The summed E-state index contributed by atoms with van der Waals surface area (Å²) in [5, 5.41) is 8.61. The van der Waals surface area contributed by atoms with Gasteiger partial charge in [-0.2, -0.15) is 0 Å². The molecule has 1 unspecified atom stereocenters. The van der Waals surface area contributed by atoms with Crippen molar-refractivity contribution in [2.24, 2.45) is 0 Å². The Labute approximate surface area is 179 Å². The highest BCUT2D eigenvalue weighted by Crippen LogP contribution is 2.32. The quantitative estimate of drug-likeness (QED) is 0.632. The molecular weight excluding hydrogens is 398 g/mol. The predicted molar refractivity (Wildman–Crippen MR) is 114 cm³/mol. The average molecular weight is 422 g/mol. The number of hydrogen-bond donors (Lipinski definition) is 1. The van der Waals surface area contributed by atoms with Gasteiger partial charge in [-0.1, -0.05) is 53.7 Å². The van der Waals surface area contributed by atoms with Gasteiger partial charge in [0.25, 0.3) is 5.91 Å². The van der Waals surface area contributed by atoms with Crippen molar-refractivity contribution >= 4 is 23.3 Å². The molecule has 3 aromatic rings. The third-order valence-electron chi connectivity index (χ3n) is 5.37. The highest BCUT2D eigenvalue weighted by atomic mass is 32.1. The van der Waals surface area contributed by atoms with Crippen molar-refractivity contribution in [2.75, 3.05) is 0 Å². The average Bonchev–Trinajstić information content (AvgIpc) is 3.51. The van der Waals surface area contributed by atoms with Gasteiger partial charge in [0, 0.05) is 35.9 Å². The molecule has 1 atom stereocenters. The summed E-state index contributed by atoms with van der Waals surface area (Å²) in [7, 11) is 0. The normalized spacial score (nSPS) is 14.9. The highest BCUT2D eigenvalue weighted by Gasteiger charge is 2.38. The van der Waals surface area contributed by atoms with E-state index < -0.39 is 6.04 Å². The number of rotatable bonds is 7.